The van der Waals surface area contributed by atoms with Gasteiger partial charge in [0.25, 0.3) is 11.8 Å². The monoisotopic (exact) mass is 457 g/mol. The van der Waals surface area contributed by atoms with Gasteiger partial charge in [-0.3, -0.25) is 9.59 Å². The van der Waals surface area contributed by atoms with Gasteiger partial charge in [-0.05, 0) is 61.7 Å². The summed E-state index contributed by atoms with van der Waals surface area (Å²) < 4.78 is 33.4. The molecule has 9 heteroatoms. The maximum Gasteiger partial charge on any atom is 0.265 e. The standard InChI is InChI=1S/C23H27N3O5S/c1-4-20-22(27)24-19-14-18(7-8-21(19)31-20)32(29,30)26-11-9-25(10-12-26)23(28)17-6-5-15(2)16(3)13-17/h5-8,13-14,20H,4,9-12H2,1-3H3,(H,24,27)/t20-/m1/s1. The van der Waals surface area contributed by atoms with Gasteiger partial charge in [-0.15, -0.1) is 0 Å². The second-order valence-corrected chi connectivity index (χ2v) is 10.1. The average Bonchev–Trinajstić information content (AvgIpc) is 2.79. The van der Waals surface area contributed by atoms with Gasteiger partial charge >= 0.3 is 0 Å². The molecule has 0 aromatic heterocycles. The third-order valence-corrected chi connectivity index (χ3v) is 7.95. The molecule has 8 nitrogen and oxygen atoms in total. The molecule has 1 N–H and O–H groups in total. The predicted octanol–water partition coefficient (Wildman–Crippen LogP) is 2.56. The predicted molar refractivity (Wildman–Crippen MR) is 120 cm³/mol. The highest BCUT2D eigenvalue weighted by Crippen LogP contribution is 2.33. The second-order valence-electron chi connectivity index (χ2n) is 8.16. The summed E-state index contributed by atoms with van der Waals surface area (Å²) in [6, 6.07) is 10.1. The molecule has 2 heterocycles. The first-order valence-electron chi connectivity index (χ1n) is 10.7. The van der Waals surface area contributed by atoms with Crippen LogP contribution in [-0.4, -0.2) is 61.7 Å². The SMILES string of the molecule is CC[C@H]1Oc2ccc(S(=O)(=O)N3CCN(C(=O)c4ccc(C)c(C)c4)CC3)cc2NC1=O. The number of benzene rings is 2. The molecule has 1 atom stereocenters. The van der Waals surface area contributed by atoms with Crippen molar-refractivity contribution >= 4 is 27.5 Å². The number of aryl methyl sites for hydroxylation is 2. The molecular weight excluding hydrogens is 430 g/mol. The van der Waals surface area contributed by atoms with Crippen LogP contribution in [0.25, 0.3) is 0 Å². The molecule has 2 aliphatic rings. The summed E-state index contributed by atoms with van der Waals surface area (Å²) in [4.78, 5) is 26.7. The van der Waals surface area contributed by atoms with Crippen molar-refractivity contribution in [2.75, 3.05) is 31.5 Å². The number of nitrogens with one attached hydrogen (secondary N) is 1. The molecule has 0 radical (unpaired) electrons. The van der Waals surface area contributed by atoms with Crippen LogP contribution in [0.5, 0.6) is 5.75 Å². The number of anilines is 1. The molecule has 2 amide bonds. The number of sulfonamides is 1. The van der Waals surface area contributed by atoms with Gasteiger partial charge in [0.15, 0.2) is 6.10 Å². The van der Waals surface area contributed by atoms with Crippen molar-refractivity contribution in [2.45, 2.75) is 38.2 Å². The maximum atomic E-state index is 13.2. The normalized spacial score (nSPS) is 19.2. The van der Waals surface area contributed by atoms with Crippen LogP contribution in [0.1, 0.15) is 34.8 Å². The van der Waals surface area contributed by atoms with Gasteiger partial charge < -0.3 is 15.0 Å². The van der Waals surface area contributed by atoms with Crippen molar-refractivity contribution < 1.29 is 22.7 Å². The highest BCUT2D eigenvalue weighted by molar-refractivity contribution is 7.89. The summed E-state index contributed by atoms with van der Waals surface area (Å²) >= 11 is 0. The van der Waals surface area contributed by atoms with E-state index in [2.05, 4.69) is 5.32 Å². The Morgan fingerprint density at radius 2 is 1.78 bits per heavy atom. The van der Waals surface area contributed by atoms with E-state index in [9.17, 15) is 18.0 Å². The van der Waals surface area contributed by atoms with E-state index in [4.69, 9.17) is 4.74 Å². The zero-order valence-corrected chi connectivity index (χ0v) is 19.2. The number of nitrogens with zero attached hydrogens (tertiary/aromatic N) is 2. The van der Waals surface area contributed by atoms with Gasteiger partial charge in [0.2, 0.25) is 10.0 Å². The molecule has 0 spiro atoms. The number of rotatable bonds is 4. The van der Waals surface area contributed by atoms with Gasteiger partial charge in [-0.1, -0.05) is 13.0 Å². The van der Waals surface area contributed by atoms with Gasteiger partial charge in [0.1, 0.15) is 5.75 Å². The van der Waals surface area contributed by atoms with Gasteiger partial charge in [0, 0.05) is 31.7 Å². The van der Waals surface area contributed by atoms with E-state index in [0.29, 0.717) is 36.5 Å². The van der Waals surface area contributed by atoms with Crippen LogP contribution in [0.4, 0.5) is 5.69 Å². The van der Waals surface area contributed by atoms with Crippen molar-refractivity contribution in [1.82, 2.24) is 9.21 Å². The smallest absolute Gasteiger partial charge is 0.265 e. The third-order valence-electron chi connectivity index (χ3n) is 6.06. The van der Waals surface area contributed by atoms with Crippen LogP contribution >= 0.6 is 0 Å². The minimum absolute atomic E-state index is 0.0871. The van der Waals surface area contributed by atoms with E-state index < -0.39 is 16.1 Å². The summed E-state index contributed by atoms with van der Waals surface area (Å²) in [5, 5.41) is 2.73. The number of hydrogen-bond acceptors (Lipinski definition) is 5. The molecule has 0 saturated carbocycles. The zero-order valence-electron chi connectivity index (χ0n) is 18.4. The van der Waals surface area contributed by atoms with Crippen molar-refractivity contribution in [1.29, 1.82) is 0 Å². The Bertz CT molecular complexity index is 1170. The molecule has 32 heavy (non-hydrogen) atoms. The van der Waals surface area contributed by atoms with Crippen LogP contribution < -0.4 is 10.1 Å². The lowest BCUT2D eigenvalue weighted by molar-refractivity contribution is -0.123. The Hall–Kier alpha value is -2.91. The fraction of sp³-hybridized carbons (Fsp3) is 0.391. The summed E-state index contributed by atoms with van der Waals surface area (Å²) in [5.41, 5.74) is 3.13. The van der Waals surface area contributed by atoms with Crippen molar-refractivity contribution in [2.24, 2.45) is 0 Å². The first kappa shape index (κ1) is 22.3. The molecule has 2 aliphatic heterocycles. The first-order chi connectivity index (χ1) is 15.2. The Balaban J connectivity index is 1.46. The lowest BCUT2D eigenvalue weighted by atomic mass is 10.1. The fourth-order valence-corrected chi connectivity index (χ4v) is 5.35. The quantitative estimate of drug-likeness (QED) is 0.761. The van der Waals surface area contributed by atoms with Crippen molar-refractivity contribution in [3.05, 3.63) is 53.1 Å². The minimum Gasteiger partial charge on any atom is -0.478 e. The number of ether oxygens (including phenoxy) is 1. The van der Waals surface area contributed by atoms with Gasteiger partial charge in [0.05, 0.1) is 10.6 Å². The molecule has 0 unspecified atom stereocenters. The van der Waals surface area contributed by atoms with Crippen LogP contribution in [-0.2, 0) is 14.8 Å². The summed E-state index contributed by atoms with van der Waals surface area (Å²) in [5.74, 6) is 0.0801. The first-order valence-corrected chi connectivity index (χ1v) is 12.1. The van der Waals surface area contributed by atoms with Crippen LogP contribution in [0.3, 0.4) is 0 Å². The van der Waals surface area contributed by atoms with Crippen LogP contribution in [0.2, 0.25) is 0 Å². The summed E-state index contributed by atoms with van der Waals surface area (Å²) in [7, 11) is -3.77. The molecule has 4 rings (SSSR count). The Morgan fingerprint density at radius 1 is 1.06 bits per heavy atom. The summed E-state index contributed by atoms with van der Waals surface area (Å²) in [6.07, 6.45) is -0.0517. The average molecular weight is 458 g/mol. The van der Waals surface area contributed by atoms with Crippen LogP contribution in [0, 0.1) is 13.8 Å². The Morgan fingerprint density at radius 3 is 2.44 bits per heavy atom. The van der Waals surface area contributed by atoms with E-state index in [1.54, 1.807) is 17.0 Å². The van der Waals surface area contributed by atoms with E-state index in [-0.39, 0.29) is 29.8 Å². The minimum atomic E-state index is -3.77. The third kappa shape index (κ3) is 4.10. The lowest BCUT2D eigenvalue weighted by Crippen LogP contribution is -2.50. The number of fused-ring (bicyclic) bond motifs is 1. The fourth-order valence-electron chi connectivity index (χ4n) is 3.90. The van der Waals surface area contributed by atoms with E-state index in [0.717, 1.165) is 11.1 Å². The second kappa shape index (κ2) is 8.55. The highest BCUT2D eigenvalue weighted by Gasteiger charge is 2.32. The largest absolute Gasteiger partial charge is 0.478 e. The van der Waals surface area contributed by atoms with Gasteiger partial charge in [-0.25, -0.2) is 8.42 Å². The topological polar surface area (TPSA) is 96.0 Å². The molecule has 0 bridgehead atoms. The van der Waals surface area contributed by atoms with E-state index in [1.807, 2.05) is 32.9 Å². The van der Waals surface area contributed by atoms with Crippen LogP contribution in [0.15, 0.2) is 41.3 Å². The van der Waals surface area contributed by atoms with Crippen molar-refractivity contribution in [3.8, 4) is 5.75 Å². The molecular formula is C23H27N3O5S. The number of carbonyl (C=O) groups is 2. The molecule has 1 fully saturated rings. The number of hydrogen-bond donors (Lipinski definition) is 1. The van der Waals surface area contributed by atoms with Gasteiger partial charge in [-0.2, -0.15) is 4.31 Å². The Kier molecular flexibility index (Phi) is 5.96. The molecule has 2 aromatic carbocycles. The number of amides is 2. The number of carbonyl (C=O) groups excluding carboxylic acids is 2. The highest BCUT2D eigenvalue weighted by atomic mass is 32.2. The van der Waals surface area contributed by atoms with E-state index in [1.165, 1.54) is 16.4 Å². The van der Waals surface area contributed by atoms with Crippen molar-refractivity contribution in [3.63, 3.8) is 0 Å². The lowest BCUT2D eigenvalue weighted by Gasteiger charge is -2.34. The van der Waals surface area contributed by atoms with E-state index >= 15 is 0 Å². The molecule has 0 aliphatic carbocycles. The number of piperazine rings is 1. The molecule has 2 aromatic rings. The Labute approximate surface area is 188 Å². The maximum absolute atomic E-state index is 13.2. The summed E-state index contributed by atoms with van der Waals surface area (Å²) in [6.45, 7) is 6.84. The molecule has 170 valence electrons. The zero-order chi connectivity index (χ0) is 23.0. The molecule has 1 saturated heterocycles.